The van der Waals surface area contributed by atoms with Crippen LogP contribution in [0.5, 0.6) is 0 Å². The van der Waals surface area contributed by atoms with Crippen LogP contribution in [0, 0.1) is 0 Å². The summed E-state index contributed by atoms with van der Waals surface area (Å²) in [6.07, 6.45) is -13.6. The van der Waals surface area contributed by atoms with Crippen molar-refractivity contribution in [1.29, 1.82) is 0 Å². The van der Waals surface area contributed by atoms with Crippen LogP contribution in [0.2, 0.25) is 15.1 Å². The second-order valence-corrected chi connectivity index (χ2v) is 11.0. The van der Waals surface area contributed by atoms with Gasteiger partial charge in [0.05, 0.1) is 31.8 Å². The highest BCUT2D eigenvalue weighted by atomic mass is 35.5. The molecule has 0 aliphatic rings. The molecule has 0 unspecified atom stereocenters. The number of nitrogens with two attached hydrogens (primary N) is 2. The van der Waals surface area contributed by atoms with Crippen molar-refractivity contribution in [3.63, 3.8) is 0 Å². The van der Waals surface area contributed by atoms with Gasteiger partial charge in [0.2, 0.25) is 0 Å². The summed E-state index contributed by atoms with van der Waals surface area (Å²) in [6, 6.07) is 9.51. The highest BCUT2D eigenvalue weighted by Gasteiger charge is 2.35. The van der Waals surface area contributed by atoms with Crippen molar-refractivity contribution < 1.29 is 44.3 Å². The zero-order valence-electron chi connectivity index (χ0n) is 22.5. The van der Waals surface area contributed by atoms with Crippen LogP contribution < -0.4 is 27.4 Å². The number of aromatic nitrogens is 2. The number of nitrogens with one attached hydrogen (secondary N) is 3. The number of amides is 1. The van der Waals surface area contributed by atoms with Crippen LogP contribution in [0.25, 0.3) is 10.6 Å². The molecule has 0 aliphatic carbocycles. The van der Waals surface area contributed by atoms with Gasteiger partial charge in [0.25, 0.3) is 5.91 Å². The summed E-state index contributed by atoms with van der Waals surface area (Å²) < 4.78 is 112. The van der Waals surface area contributed by atoms with Gasteiger partial charge in [-0.1, -0.05) is 70.5 Å². The monoisotopic (exact) mass is 772 g/mol. The summed E-state index contributed by atoms with van der Waals surface area (Å²) in [7, 11) is 0. The number of carbonyl (C=O) groups excluding carboxylic acids is 1. The molecule has 0 bridgehead atoms. The average molecular weight is 774 g/mol. The van der Waals surface area contributed by atoms with Crippen molar-refractivity contribution >= 4 is 69.3 Å². The van der Waals surface area contributed by atoms with E-state index in [1.807, 2.05) is 0 Å². The van der Waals surface area contributed by atoms with E-state index in [2.05, 4.69) is 15.6 Å². The minimum absolute atomic E-state index is 0.0252. The number of nitrogens with zero attached hydrogens (tertiary/aromatic N) is 1. The number of alkyl halides is 9. The van der Waals surface area contributed by atoms with Crippen LogP contribution in [0.1, 0.15) is 32.6 Å². The number of hydrazine groups is 2. The van der Waals surface area contributed by atoms with Crippen LogP contribution in [0.4, 0.5) is 39.5 Å². The Morgan fingerprint density at radius 1 is 0.723 bits per heavy atom. The molecule has 0 atom stereocenters. The van der Waals surface area contributed by atoms with Crippen LogP contribution in [0.15, 0.2) is 59.4 Å². The molecule has 22 heteroatoms. The third-order valence-electron chi connectivity index (χ3n) is 5.29. The van der Waals surface area contributed by atoms with E-state index in [0.29, 0.717) is 6.07 Å². The Hall–Kier alpha value is -3.46. The Morgan fingerprint density at radius 2 is 1.15 bits per heavy atom. The summed E-state index contributed by atoms with van der Waals surface area (Å²) >= 11 is 21.7. The molecule has 1 heterocycles. The molecule has 0 fully saturated rings. The molecule has 4 rings (SSSR count). The third-order valence-corrected chi connectivity index (χ3v) is 7.43. The number of rotatable bonds is 3. The second kappa shape index (κ2) is 16.1. The average Bonchev–Trinajstić information content (AvgIpc) is 3.42. The zero-order chi connectivity index (χ0) is 35.9. The number of H-pyrrole nitrogens is 1. The van der Waals surface area contributed by atoms with Crippen LogP contribution >= 0.6 is 58.4 Å². The van der Waals surface area contributed by atoms with Gasteiger partial charge >= 0.3 is 23.4 Å². The van der Waals surface area contributed by atoms with Gasteiger partial charge in [0.1, 0.15) is 10.00 Å². The Labute approximate surface area is 281 Å². The molecule has 0 spiro atoms. The van der Waals surface area contributed by atoms with Crippen LogP contribution in [0.3, 0.4) is 0 Å². The minimum Gasteiger partial charge on any atom is -0.314 e. The molecule has 4 aromatic rings. The number of nitrogen functional groups attached to an aromatic ring is 1. The van der Waals surface area contributed by atoms with Crippen molar-refractivity contribution in [2.24, 2.45) is 11.7 Å². The molecule has 1 amide bonds. The Bertz CT molecular complexity index is 1720. The summed E-state index contributed by atoms with van der Waals surface area (Å²) in [5, 5.41) is 4.72. The Kier molecular flexibility index (Phi) is 13.6. The molecular formula is C25H16Cl3F9N6O2S2. The van der Waals surface area contributed by atoms with E-state index >= 15 is 0 Å². The SMILES string of the molecule is NNC(=O)c1ccc(Cl)c(C(F)(F)F)c1.NNC(=S)c1ccc(Cl)c(C(F)(F)F)c1.O=c1[nH]nc(-c2ccc(Cl)c(C(F)(F)F)c2)s1. The maximum atomic E-state index is 12.6. The number of thiocarbonyl (C=S) groups is 1. The topological polar surface area (TPSA) is 139 Å². The number of carbonyl (C=O) groups is 1. The Morgan fingerprint density at radius 3 is 1.55 bits per heavy atom. The summed E-state index contributed by atoms with van der Waals surface area (Å²) in [4.78, 5) is 21.4. The van der Waals surface area contributed by atoms with E-state index in [4.69, 9.17) is 58.7 Å². The number of benzene rings is 3. The number of aromatic amines is 1. The molecule has 7 N–H and O–H groups in total. The summed E-state index contributed by atoms with van der Waals surface area (Å²) in [6.45, 7) is 0. The first kappa shape index (κ1) is 39.7. The summed E-state index contributed by atoms with van der Waals surface area (Å²) in [5.41, 5.74) is 1.06. The molecule has 47 heavy (non-hydrogen) atoms. The van der Waals surface area contributed by atoms with E-state index in [1.165, 1.54) is 12.1 Å². The van der Waals surface area contributed by atoms with E-state index in [0.717, 1.165) is 47.7 Å². The van der Waals surface area contributed by atoms with E-state index in [1.54, 1.807) is 5.43 Å². The van der Waals surface area contributed by atoms with Gasteiger partial charge in [-0.2, -0.15) is 44.6 Å². The first-order chi connectivity index (χ1) is 21.6. The van der Waals surface area contributed by atoms with Crippen molar-refractivity contribution in [3.8, 4) is 10.6 Å². The smallest absolute Gasteiger partial charge is 0.314 e. The first-order valence-corrected chi connectivity index (χ1v) is 14.1. The lowest BCUT2D eigenvalue weighted by molar-refractivity contribution is -0.138. The fourth-order valence-corrected chi connectivity index (χ4v) is 4.57. The number of halogens is 12. The van der Waals surface area contributed by atoms with E-state index in [9.17, 15) is 49.1 Å². The molecule has 0 saturated carbocycles. The van der Waals surface area contributed by atoms with Gasteiger partial charge in [0.15, 0.2) is 0 Å². The van der Waals surface area contributed by atoms with Gasteiger partial charge < -0.3 is 5.43 Å². The maximum absolute atomic E-state index is 12.6. The van der Waals surface area contributed by atoms with Gasteiger partial charge in [-0.15, -0.1) is 0 Å². The number of hydrogen-bond acceptors (Lipinski definition) is 7. The lowest BCUT2D eigenvalue weighted by Gasteiger charge is -2.11. The maximum Gasteiger partial charge on any atom is 0.417 e. The molecular weight excluding hydrogens is 758 g/mol. The lowest BCUT2D eigenvalue weighted by Crippen LogP contribution is -2.30. The van der Waals surface area contributed by atoms with Crippen LogP contribution in [-0.4, -0.2) is 21.1 Å². The van der Waals surface area contributed by atoms with Gasteiger partial charge in [-0.3, -0.25) is 15.0 Å². The molecule has 0 radical (unpaired) electrons. The summed E-state index contributed by atoms with van der Waals surface area (Å²) in [5.74, 6) is 8.98. The molecule has 1 aromatic heterocycles. The molecule has 0 aliphatic heterocycles. The highest BCUT2D eigenvalue weighted by molar-refractivity contribution is 7.80. The van der Waals surface area contributed by atoms with Crippen molar-refractivity contribution in [3.05, 3.63) is 107 Å². The largest absolute Gasteiger partial charge is 0.417 e. The van der Waals surface area contributed by atoms with E-state index < -0.39 is 51.0 Å². The fourth-order valence-electron chi connectivity index (χ4n) is 3.16. The number of hydrogen-bond donors (Lipinski definition) is 5. The quantitative estimate of drug-likeness (QED) is 0.0475. The highest BCUT2D eigenvalue weighted by Crippen LogP contribution is 2.38. The third kappa shape index (κ3) is 11.3. The predicted molar refractivity (Wildman–Crippen MR) is 162 cm³/mol. The Balaban J connectivity index is 0.000000246. The molecule has 3 aromatic carbocycles. The molecule has 8 nitrogen and oxygen atoms in total. The van der Waals surface area contributed by atoms with Gasteiger partial charge in [-0.25, -0.2) is 16.8 Å². The van der Waals surface area contributed by atoms with Crippen molar-refractivity contribution in [2.75, 3.05) is 0 Å². The second-order valence-electron chi connectivity index (χ2n) is 8.44. The molecule has 254 valence electrons. The van der Waals surface area contributed by atoms with Gasteiger partial charge in [0, 0.05) is 16.7 Å². The van der Waals surface area contributed by atoms with Gasteiger partial charge in [-0.05, 0) is 42.5 Å². The normalized spacial score (nSPS) is 11.4. The minimum atomic E-state index is -4.60. The predicted octanol–water partition coefficient (Wildman–Crippen LogP) is 7.63. The lowest BCUT2D eigenvalue weighted by atomic mass is 10.1. The van der Waals surface area contributed by atoms with Crippen molar-refractivity contribution in [2.45, 2.75) is 18.5 Å². The van der Waals surface area contributed by atoms with E-state index in [-0.39, 0.29) is 36.7 Å². The zero-order valence-corrected chi connectivity index (χ0v) is 26.4. The standard InChI is InChI=1S/C9H4ClF3N2OS.C8H6ClF3N2O.C8H6ClF3N2S/c10-6-2-1-4(3-5(6)9(11,12)13)7-14-15-8(16)17-7;2*9-6-2-1-4(7(15)14-13)3-5(6)8(10,11)12/h1-3H,(H,15,16);2*1-3H,13H2,(H,14,15). The molecule has 0 saturated heterocycles. The fraction of sp³-hybridized carbons (Fsp3) is 0.120. The first-order valence-electron chi connectivity index (χ1n) is 11.8. The van der Waals surface area contributed by atoms with Crippen LogP contribution in [-0.2, 0) is 18.5 Å². The van der Waals surface area contributed by atoms with Crippen molar-refractivity contribution in [1.82, 2.24) is 21.0 Å².